The first-order valence-corrected chi connectivity index (χ1v) is 12.0. The van der Waals surface area contributed by atoms with Crippen LogP contribution >= 0.6 is 39.1 Å². The number of likely N-dealkylation sites (N-methyl/N-ethyl adjacent to an activating group) is 1. The summed E-state index contributed by atoms with van der Waals surface area (Å²) in [5, 5.41) is 3.31. The predicted molar refractivity (Wildman–Crippen MR) is 108 cm³/mol. The third-order valence-corrected chi connectivity index (χ3v) is 8.28. The van der Waals surface area contributed by atoms with Crippen LogP contribution in [0.15, 0.2) is 17.0 Å². The van der Waals surface area contributed by atoms with Crippen molar-refractivity contribution in [2.75, 3.05) is 20.2 Å². The normalized spacial score (nSPS) is 23.6. The van der Waals surface area contributed by atoms with E-state index in [1.54, 1.807) is 0 Å². The summed E-state index contributed by atoms with van der Waals surface area (Å²) < 4.78 is 33.7. The third-order valence-electron chi connectivity index (χ3n) is 4.90. The van der Waals surface area contributed by atoms with E-state index in [1.165, 1.54) is 23.5 Å². The van der Waals surface area contributed by atoms with Gasteiger partial charge in [0.1, 0.15) is 10.9 Å². The highest BCUT2D eigenvalue weighted by Crippen LogP contribution is 2.37. The molecule has 1 aliphatic carbocycles. The molecular formula is C17H21BrCl2N2O4S. The summed E-state index contributed by atoms with van der Waals surface area (Å²) in [5.41, 5.74) is 0.497. The van der Waals surface area contributed by atoms with E-state index in [4.69, 9.17) is 27.9 Å². The zero-order chi connectivity index (χ0) is 19.8. The van der Waals surface area contributed by atoms with Gasteiger partial charge in [0, 0.05) is 42.5 Å². The van der Waals surface area contributed by atoms with Crippen molar-refractivity contribution in [2.24, 2.45) is 5.92 Å². The van der Waals surface area contributed by atoms with Crippen LogP contribution in [0, 0.1) is 5.92 Å². The van der Waals surface area contributed by atoms with E-state index in [0.29, 0.717) is 34.9 Å². The third kappa shape index (κ3) is 4.46. The Labute approximate surface area is 177 Å². The van der Waals surface area contributed by atoms with E-state index in [0.717, 1.165) is 12.8 Å². The lowest BCUT2D eigenvalue weighted by Gasteiger charge is -2.23. The number of amides is 1. The molecule has 1 aromatic rings. The van der Waals surface area contributed by atoms with Gasteiger partial charge in [-0.05, 0) is 30.9 Å². The van der Waals surface area contributed by atoms with Crippen LogP contribution in [0.2, 0.25) is 10.0 Å². The van der Waals surface area contributed by atoms with Crippen LogP contribution in [-0.2, 0) is 24.9 Å². The van der Waals surface area contributed by atoms with Gasteiger partial charge in [-0.1, -0.05) is 39.1 Å². The lowest BCUT2D eigenvalue weighted by Crippen LogP contribution is -2.44. The van der Waals surface area contributed by atoms with Crippen molar-refractivity contribution in [1.82, 2.24) is 9.62 Å². The number of rotatable bonds is 7. The van der Waals surface area contributed by atoms with Crippen molar-refractivity contribution in [1.29, 1.82) is 0 Å². The van der Waals surface area contributed by atoms with Crippen LogP contribution in [-0.4, -0.2) is 51.0 Å². The molecule has 0 bridgehead atoms. The number of carbonyl (C=O) groups is 1. The Bertz CT molecular complexity index is 832. The fourth-order valence-electron chi connectivity index (χ4n) is 3.14. The quantitative estimate of drug-likeness (QED) is 0.584. The number of alkyl halides is 1. The van der Waals surface area contributed by atoms with E-state index in [-0.39, 0.29) is 28.5 Å². The zero-order valence-electron chi connectivity index (χ0n) is 14.8. The Morgan fingerprint density at radius 3 is 2.67 bits per heavy atom. The zero-order valence-corrected chi connectivity index (χ0v) is 18.7. The lowest BCUT2D eigenvalue weighted by molar-refractivity contribution is -0.123. The highest BCUT2D eigenvalue weighted by atomic mass is 79.9. The van der Waals surface area contributed by atoms with Crippen molar-refractivity contribution >= 4 is 55.1 Å². The minimum atomic E-state index is -4.00. The number of carbonyl (C=O) groups excluding carboxylic acids is 1. The maximum atomic E-state index is 13.3. The van der Waals surface area contributed by atoms with Crippen LogP contribution in [0.1, 0.15) is 24.8 Å². The van der Waals surface area contributed by atoms with Gasteiger partial charge >= 0.3 is 0 Å². The van der Waals surface area contributed by atoms with E-state index in [1.807, 2.05) is 0 Å². The highest BCUT2D eigenvalue weighted by Gasteiger charge is 2.45. The molecule has 1 saturated carbocycles. The van der Waals surface area contributed by atoms with Crippen LogP contribution in [0.3, 0.4) is 0 Å². The molecule has 2 atom stereocenters. The summed E-state index contributed by atoms with van der Waals surface area (Å²) in [4.78, 5) is 12.3. The largest absolute Gasteiger partial charge is 0.376 e. The average Bonchev–Trinajstić information content (AvgIpc) is 3.36. The predicted octanol–water partition coefficient (Wildman–Crippen LogP) is 3.19. The van der Waals surface area contributed by atoms with Crippen molar-refractivity contribution in [2.45, 2.75) is 41.6 Å². The molecule has 3 rings (SSSR count). The first-order chi connectivity index (χ1) is 12.8. The first kappa shape index (κ1) is 21.3. The van der Waals surface area contributed by atoms with Crippen LogP contribution in [0.5, 0.6) is 0 Å². The van der Waals surface area contributed by atoms with Gasteiger partial charge in [-0.25, -0.2) is 8.42 Å². The molecule has 0 radical (unpaired) electrons. The molecule has 6 nitrogen and oxygen atoms in total. The molecule has 10 heteroatoms. The Hall–Kier alpha value is -0.380. The van der Waals surface area contributed by atoms with Crippen molar-refractivity contribution in [3.8, 4) is 0 Å². The molecule has 0 aromatic heterocycles. The number of nitrogens with zero attached hydrogens (tertiary/aromatic N) is 1. The molecule has 1 aromatic carbocycles. The maximum absolute atomic E-state index is 13.3. The summed E-state index contributed by atoms with van der Waals surface area (Å²) in [6, 6.07) is 2.05. The summed E-state index contributed by atoms with van der Waals surface area (Å²) in [6.07, 6.45) is 2.29. The highest BCUT2D eigenvalue weighted by molar-refractivity contribution is 9.08. The van der Waals surface area contributed by atoms with Crippen LogP contribution in [0.4, 0.5) is 0 Å². The molecule has 1 N–H and O–H groups in total. The fraction of sp³-hybridized carbons (Fsp3) is 0.588. The molecular weight excluding hydrogens is 479 g/mol. The van der Waals surface area contributed by atoms with E-state index in [9.17, 15) is 13.2 Å². The van der Waals surface area contributed by atoms with Gasteiger partial charge in [0.25, 0.3) is 0 Å². The minimum absolute atomic E-state index is 0.0558. The number of nitrogens with one attached hydrogen (secondary N) is 1. The Morgan fingerprint density at radius 1 is 1.37 bits per heavy atom. The molecule has 0 unspecified atom stereocenters. The second kappa shape index (κ2) is 8.55. The molecule has 2 fully saturated rings. The molecule has 1 amide bonds. The van der Waals surface area contributed by atoms with Crippen molar-refractivity contribution < 1.29 is 17.9 Å². The Morgan fingerprint density at radius 2 is 2.07 bits per heavy atom. The topological polar surface area (TPSA) is 75.7 Å². The molecule has 1 heterocycles. The summed E-state index contributed by atoms with van der Waals surface area (Å²) in [5.74, 6) is 0.197. The first-order valence-electron chi connectivity index (χ1n) is 8.67. The number of ether oxygens (including phenoxy) is 1. The number of hydrogen-bond donors (Lipinski definition) is 1. The van der Waals surface area contributed by atoms with Gasteiger partial charge in [-0.2, -0.15) is 4.31 Å². The number of hydrogen-bond acceptors (Lipinski definition) is 4. The minimum Gasteiger partial charge on any atom is -0.376 e. The van der Waals surface area contributed by atoms with E-state index < -0.39 is 16.1 Å². The average molecular weight is 500 g/mol. The number of benzene rings is 1. The smallest absolute Gasteiger partial charge is 0.245 e. The van der Waals surface area contributed by atoms with Crippen molar-refractivity contribution in [3.63, 3.8) is 0 Å². The molecule has 1 aliphatic heterocycles. The molecule has 1 saturated heterocycles. The maximum Gasteiger partial charge on any atom is 0.245 e. The summed E-state index contributed by atoms with van der Waals surface area (Å²) >= 11 is 15.7. The second-order valence-electron chi connectivity index (χ2n) is 6.81. The fourth-order valence-corrected chi connectivity index (χ4v) is 6.56. The van der Waals surface area contributed by atoms with Gasteiger partial charge in [-0.3, -0.25) is 4.79 Å². The van der Waals surface area contributed by atoms with Gasteiger partial charge < -0.3 is 10.1 Å². The summed E-state index contributed by atoms with van der Waals surface area (Å²) in [7, 11) is -2.51. The standard InChI is InChI=1S/C17H21BrCl2N2O4S/c1-21-17(23)14-6-11(26-9-10-2-3-10)8-22(14)27(24,25)15-5-4-13(19)12(7-18)16(15)20/h4-5,10-11,14H,2-3,6-9H2,1H3,(H,21,23)/t11-,14+/m1/s1. The molecule has 2 aliphatic rings. The lowest BCUT2D eigenvalue weighted by atomic mass is 10.2. The number of halogens is 3. The molecule has 27 heavy (non-hydrogen) atoms. The van der Waals surface area contributed by atoms with E-state index >= 15 is 0 Å². The Kier molecular flexibility index (Phi) is 6.75. The van der Waals surface area contributed by atoms with Gasteiger partial charge in [0.05, 0.1) is 11.1 Å². The van der Waals surface area contributed by atoms with Gasteiger partial charge in [0.15, 0.2) is 0 Å². The van der Waals surface area contributed by atoms with Crippen LogP contribution < -0.4 is 5.32 Å². The number of sulfonamides is 1. The van der Waals surface area contributed by atoms with Crippen LogP contribution in [0.25, 0.3) is 0 Å². The van der Waals surface area contributed by atoms with Gasteiger partial charge in [-0.15, -0.1) is 0 Å². The van der Waals surface area contributed by atoms with Crippen molar-refractivity contribution in [3.05, 3.63) is 27.7 Å². The molecule has 150 valence electrons. The Balaban J connectivity index is 1.91. The van der Waals surface area contributed by atoms with Gasteiger partial charge in [0.2, 0.25) is 15.9 Å². The van der Waals surface area contributed by atoms with E-state index in [2.05, 4.69) is 21.2 Å². The summed E-state index contributed by atoms with van der Waals surface area (Å²) in [6.45, 7) is 0.726. The second-order valence-corrected chi connectivity index (χ2v) is 10.0. The SMILES string of the molecule is CNC(=O)[C@@H]1C[C@@H](OCC2CC2)CN1S(=O)(=O)c1ccc(Cl)c(CBr)c1Cl. The monoisotopic (exact) mass is 498 g/mol. The molecule has 0 spiro atoms.